The van der Waals surface area contributed by atoms with Gasteiger partial charge in [0.2, 0.25) is 29.5 Å². The smallest absolute Gasteiger partial charge is 0.325 e. The van der Waals surface area contributed by atoms with Crippen LogP contribution in [-0.2, 0) is 28.8 Å². The molecule has 236 valence electrons. The lowest BCUT2D eigenvalue weighted by Gasteiger charge is -2.27. The van der Waals surface area contributed by atoms with E-state index in [4.69, 9.17) is 10.8 Å². The van der Waals surface area contributed by atoms with E-state index >= 15 is 0 Å². The summed E-state index contributed by atoms with van der Waals surface area (Å²) >= 11 is 0. The molecule has 14 nitrogen and oxygen atoms in total. The molecule has 0 radical (unpaired) electrons. The van der Waals surface area contributed by atoms with Gasteiger partial charge in [-0.05, 0) is 51.5 Å². The zero-order valence-electron chi connectivity index (χ0n) is 25.3. The highest BCUT2D eigenvalue weighted by Crippen LogP contribution is 2.13. The minimum Gasteiger partial charge on any atom is -0.480 e. The summed E-state index contributed by atoms with van der Waals surface area (Å²) in [5, 5.41) is 31.4. The zero-order valence-corrected chi connectivity index (χ0v) is 25.3. The SMILES string of the molecule is CC[C@H](C)[C@H](NC(=O)[C@@H](C)C(C)C)C(=O)NCC(=O)N[C@@H](CCCCN)C(=O)N[C@H](C(=O)N[C@@H](C)C(=O)O)[C@@H](C)O. The molecule has 7 atom stereocenters. The number of carboxylic acid groups (broad SMARTS) is 1. The Labute approximate surface area is 242 Å². The number of aliphatic hydroxyl groups excluding tert-OH is 1. The first-order chi connectivity index (χ1) is 19.1. The summed E-state index contributed by atoms with van der Waals surface area (Å²) in [6.45, 7) is 11.6. The Morgan fingerprint density at radius 2 is 1.34 bits per heavy atom. The zero-order chi connectivity index (χ0) is 31.9. The Balaban J connectivity index is 5.47. The summed E-state index contributed by atoms with van der Waals surface area (Å²) < 4.78 is 0. The normalized spacial score (nSPS) is 16.2. The standard InChI is InChI=1S/C27H50N6O8/c1-8-15(4)21(32-23(36)16(5)14(2)3)25(38)29-13-20(35)31-19(11-9-10-12-28)24(37)33-22(18(7)34)26(39)30-17(6)27(40)41/h14-19,21-22,34H,8-13,28H2,1-7H3,(H,29,38)(H,30,39)(H,31,35)(H,32,36)(H,33,37)(H,40,41)/t15-,16-,17-,18+,19-,21-,22-/m0/s1. The molecular formula is C27H50N6O8. The third-order valence-corrected chi connectivity index (χ3v) is 7.02. The molecule has 0 aromatic heterocycles. The van der Waals surface area contributed by atoms with E-state index in [1.54, 1.807) is 6.92 Å². The predicted molar refractivity (Wildman–Crippen MR) is 152 cm³/mol. The third kappa shape index (κ3) is 13.8. The number of nitrogens with one attached hydrogen (secondary N) is 5. The molecule has 5 amide bonds. The summed E-state index contributed by atoms with van der Waals surface area (Å²) in [6.07, 6.45) is 0.399. The molecule has 0 saturated carbocycles. The fourth-order valence-electron chi connectivity index (χ4n) is 3.60. The van der Waals surface area contributed by atoms with Crippen molar-refractivity contribution < 1.29 is 39.0 Å². The molecule has 0 spiro atoms. The number of unbranched alkanes of at least 4 members (excludes halogenated alkanes) is 1. The molecule has 0 aromatic carbocycles. The second-order valence-corrected chi connectivity index (χ2v) is 10.8. The summed E-state index contributed by atoms with van der Waals surface area (Å²) in [7, 11) is 0. The van der Waals surface area contributed by atoms with Crippen molar-refractivity contribution in [2.75, 3.05) is 13.1 Å². The van der Waals surface area contributed by atoms with E-state index in [1.165, 1.54) is 13.8 Å². The number of carboxylic acids is 1. The number of aliphatic carboxylic acids is 1. The van der Waals surface area contributed by atoms with Crippen LogP contribution in [0.2, 0.25) is 0 Å². The van der Waals surface area contributed by atoms with Gasteiger partial charge in [-0.1, -0.05) is 41.0 Å². The first-order valence-corrected chi connectivity index (χ1v) is 14.2. The van der Waals surface area contributed by atoms with Crippen LogP contribution >= 0.6 is 0 Å². The average Bonchev–Trinajstić information content (AvgIpc) is 2.90. The maximum Gasteiger partial charge on any atom is 0.325 e. The van der Waals surface area contributed by atoms with Crippen LogP contribution in [-0.4, -0.2) is 89.1 Å². The Kier molecular flexibility index (Phi) is 17.5. The van der Waals surface area contributed by atoms with Gasteiger partial charge in [0, 0.05) is 5.92 Å². The van der Waals surface area contributed by atoms with Crippen LogP contribution in [0.3, 0.4) is 0 Å². The van der Waals surface area contributed by atoms with E-state index in [1.807, 2.05) is 27.7 Å². The molecule has 0 aromatic rings. The van der Waals surface area contributed by atoms with Crippen LogP contribution in [0.25, 0.3) is 0 Å². The molecule has 0 heterocycles. The number of nitrogens with two attached hydrogens (primary N) is 1. The summed E-state index contributed by atoms with van der Waals surface area (Å²) in [5.74, 6) is -4.93. The fraction of sp³-hybridized carbons (Fsp3) is 0.778. The summed E-state index contributed by atoms with van der Waals surface area (Å²) in [5.41, 5.74) is 5.54. The number of hydrogen-bond donors (Lipinski definition) is 8. The van der Waals surface area contributed by atoms with Crippen molar-refractivity contribution in [2.45, 2.75) is 104 Å². The van der Waals surface area contributed by atoms with E-state index in [0.29, 0.717) is 25.8 Å². The van der Waals surface area contributed by atoms with Gasteiger partial charge in [-0.25, -0.2) is 0 Å². The fourth-order valence-corrected chi connectivity index (χ4v) is 3.60. The van der Waals surface area contributed by atoms with Crippen molar-refractivity contribution in [3.05, 3.63) is 0 Å². The number of hydrogen-bond acceptors (Lipinski definition) is 8. The van der Waals surface area contributed by atoms with Crippen LogP contribution in [0.1, 0.15) is 74.1 Å². The van der Waals surface area contributed by atoms with Crippen LogP contribution in [0.4, 0.5) is 0 Å². The van der Waals surface area contributed by atoms with Gasteiger partial charge in [-0.2, -0.15) is 0 Å². The second kappa shape index (κ2) is 19.0. The highest BCUT2D eigenvalue weighted by atomic mass is 16.4. The van der Waals surface area contributed by atoms with Crippen LogP contribution in [0, 0.1) is 17.8 Å². The molecule has 0 aliphatic carbocycles. The van der Waals surface area contributed by atoms with E-state index < -0.39 is 66.4 Å². The van der Waals surface area contributed by atoms with Gasteiger partial charge in [0.1, 0.15) is 24.2 Å². The quantitative estimate of drug-likeness (QED) is 0.0866. The van der Waals surface area contributed by atoms with Crippen LogP contribution in [0.5, 0.6) is 0 Å². The molecule has 0 aliphatic heterocycles. The number of aliphatic hydroxyl groups is 1. The Hall–Kier alpha value is -3.26. The van der Waals surface area contributed by atoms with Gasteiger partial charge in [0.05, 0.1) is 12.6 Å². The molecule has 9 N–H and O–H groups in total. The van der Waals surface area contributed by atoms with Gasteiger partial charge < -0.3 is 42.5 Å². The molecule has 0 unspecified atom stereocenters. The lowest BCUT2D eigenvalue weighted by Crippen LogP contribution is -2.59. The topological polar surface area (TPSA) is 229 Å². The second-order valence-electron chi connectivity index (χ2n) is 10.8. The summed E-state index contributed by atoms with van der Waals surface area (Å²) in [4.78, 5) is 74.8. The minimum atomic E-state index is -1.48. The van der Waals surface area contributed by atoms with E-state index in [9.17, 15) is 33.9 Å². The Morgan fingerprint density at radius 1 is 0.756 bits per heavy atom. The number of amides is 5. The van der Waals surface area contributed by atoms with Gasteiger partial charge in [0.25, 0.3) is 0 Å². The molecule has 0 rings (SSSR count). The molecule has 0 fully saturated rings. The Bertz CT molecular complexity index is 897. The maximum atomic E-state index is 13.0. The van der Waals surface area contributed by atoms with Gasteiger partial charge >= 0.3 is 5.97 Å². The molecule has 14 heteroatoms. The molecule has 41 heavy (non-hydrogen) atoms. The first-order valence-electron chi connectivity index (χ1n) is 14.2. The molecule has 0 bridgehead atoms. The third-order valence-electron chi connectivity index (χ3n) is 7.02. The van der Waals surface area contributed by atoms with Crippen molar-refractivity contribution >= 4 is 35.5 Å². The maximum absolute atomic E-state index is 13.0. The molecule has 0 saturated heterocycles. The van der Waals surface area contributed by atoms with Crippen LogP contribution in [0.15, 0.2) is 0 Å². The highest BCUT2D eigenvalue weighted by molar-refractivity contribution is 5.95. The predicted octanol–water partition coefficient (Wildman–Crippen LogP) is -1.01. The lowest BCUT2D eigenvalue weighted by atomic mass is 9.94. The molecular weight excluding hydrogens is 536 g/mol. The average molecular weight is 587 g/mol. The van der Waals surface area contributed by atoms with Crippen LogP contribution < -0.4 is 32.3 Å². The van der Waals surface area contributed by atoms with Crippen molar-refractivity contribution in [3.63, 3.8) is 0 Å². The highest BCUT2D eigenvalue weighted by Gasteiger charge is 2.32. The largest absolute Gasteiger partial charge is 0.480 e. The minimum absolute atomic E-state index is 0.0730. The number of carbonyl (C=O) groups is 6. The first kappa shape index (κ1) is 37.7. The van der Waals surface area contributed by atoms with Crippen molar-refractivity contribution in [2.24, 2.45) is 23.5 Å². The van der Waals surface area contributed by atoms with Crippen molar-refractivity contribution in [1.82, 2.24) is 26.6 Å². The summed E-state index contributed by atoms with van der Waals surface area (Å²) in [6, 6.07) is -4.73. The number of carbonyl (C=O) groups excluding carboxylic acids is 5. The lowest BCUT2D eigenvalue weighted by molar-refractivity contribution is -0.142. The molecule has 0 aliphatic rings. The van der Waals surface area contributed by atoms with E-state index in [2.05, 4.69) is 26.6 Å². The van der Waals surface area contributed by atoms with Crippen molar-refractivity contribution in [1.29, 1.82) is 0 Å². The van der Waals surface area contributed by atoms with Gasteiger partial charge in [-0.15, -0.1) is 0 Å². The Morgan fingerprint density at radius 3 is 1.83 bits per heavy atom. The van der Waals surface area contributed by atoms with E-state index in [-0.39, 0.29) is 30.1 Å². The van der Waals surface area contributed by atoms with Gasteiger partial charge in [0.15, 0.2) is 0 Å². The van der Waals surface area contributed by atoms with Crippen molar-refractivity contribution in [3.8, 4) is 0 Å². The van der Waals surface area contributed by atoms with E-state index in [0.717, 1.165) is 0 Å². The number of rotatable bonds is 19. The monoisotopic (exact) mass is 586 g/mol. The van der Waals surface area contributed by atoms with Gasteiger partial charge in [-0.3, -0.25) is 28.8 Å².